The molecule has 0 bridgehead atoms. The molecule has 5 nitrogen and oxygen atoms in total. The van der Waals surface area contributed by atoms with E-state index in [0.29, 0.717) is 5.75 Å². The van der Waals surface area contributed by atoms with Crippen LogP contribution in [0.25, 0.3) is 0 Å². The number of halogens is 2. The van der Waals surface area contributed by atoms with Crippen LogP contribution in [-0.4, -0.2) is 25.3 Å². The molecule has 1 unspecified atom stereocenters. The van der Waals surface area contributed by atoms with Crippen molar-refractivity contribution in [1.29, 1.82) is 0 Å². The lowest BCUT2D eigenvalue weighted by molar-refractivity contribution is -0.151. The summed E-state index contributed by atoms with van der Waals surface area (Å²) in [6, 6.07) is 6.22. The number of benzene rings is 1. The number of ether oxygens (including phenoxy) is 3. The average Bonchev–Trinajstić information content (AvgIpc) is 2.66. The number of hydrogen-bond acceptors (Lipinski definition) is 5. The highest BCUT2D eigenvalue weighted by Crippen LogP contribution is 2.29. The van der Waals surface area contributed by atoms with Crippen LogP contribution in [0.2, 0.25) is 0 Å². The van der Waals surface area contributed by atoms with Crippen molar-refractivity contribution in [3.8, 4) is 5.75 Å². The topological polar surface area (TPSA) is 61.8 Å². The summed E-state index contributed by atoms with van der Waals surface area (Å²) in [6.07, 6.45) is -1.30. The Kier molecular flexibility index (Phi) is 3.97. The van der Waals surface area contributed by atoms with Gasteiger partial charge < -0.3 is 14.2 Å². The molecule has 1 aliphatic rings. The quantitative estimate of drug-likeness (QED) is 0.803. The molecule has 2 rings (SSSR count). The standard InChI is InChI=1S/C12H8Cl2O5/c1-17-7-4-2-6(3-5-7)10(15)18-12-9(14)8(13)11(16)19-12/h2-5,12H,1H3. The van der Waals surface area contributed by atoms with Gasteiger partial charge in [0.25, 0.3) is 6.29 Å². The maximum Gasteiger partial charge on any atom is 0.354 e. The van der Waals surface area contributed by atoms with Crippen molar-refractivity contribution in [3.05, 3.63) is 39.9 Å². The molecule has 1 aliphatic heterocycles. The van der Waals surface area contributed by atoms with Crippen molar-refractivity contribution in [3.63, 3.8) is 0 Å². The predicted molar refractivity (Wildman–Crippen MR) is 67.0 cm³/mol. The third-order valence-corrected chi connectivity index (χ3v) is 3.17. The Balaban J connectivity index is 2.07. The molecular weight excluding hydrogens is 295 g/mol. The van der Waals surface area contributed by atoms with Gasteiger partial charge in [0.1, 0.15) is 15.8 Å². The fourth-order valence-corrected chi connectivity index (χ4v) is 1.67. The van der Waals surface area contributed by atoms with E-state index in [4.69, 9.17) is 32.7 Å². The summed E-state index contributed by atoms with van der Waals surface area (Å²) in [7, 11) is 1.51. The first-order valence-corrected chi connectivity index (χ1v) is 5.89. The Hall–Kier alpha value is -1.72. The number of methoxy groups -OCH3 is 1. The summed E-state index contributed by atoms with van der Waals surface area (Å²) >= 11 is 11.2. The van der Waals surface area contributed by atoms with Crippen LogP contribution in [0.5, 0.6) is 5.75 Å². The fraction of sp³-hybridized carbons (Fsp3) is 0.167. The first kappa shape index (κ1) is 13.7. The maximum absolute atomic E-state index is 11.8. The number of esters is 2. The zero-order valence-electron chi connectivity index (χ0n) is 9.68. The van der Waals surface area contributed by atoms with Crippen LogP contribution >= 0.6 is 23.2 Å². The summed E-state index contributed by atoms with van der Waals surface area (Å²) in [5.74, 6) is -0.908. The molecule has 1 aromatic carbocycles. The zero-order valence-corrected chi connectivity index (χ0v) is 11.2. The maximum atomic E-state index is 11.8. The summed E-state index contributed by atoms with van der Waals surface area (Å²) < 4.78 is 14.6. The van der Waals surface area contributed by atoms with E-state index in [1.54, 1.807) is 12.1 Å². The third-order valence-electron chi connectivity index (χ3n) is 2.35. The molecule has 0 saturated heterocycles. The first-order chi connectivity index (χ1) is 9.02. The van der Waals surface area contributed by atoms with Gasteiger partial charge >= 0.3 is 11.9 Å². The smallest absolute Gasteiger partial charge is 0.354 e. The second-order valence-electron chi connectivity index (χ2n) is 3.53. The normalized spacial score (nSPS) is 18.3. The van der Waals surface area contributed by atoms with Gasteiger partial charge in [0.2, 0.25) is 0 Å². The summed E-state index contributed by atoms with van der Waals surface area (Å²) in [6.45, 7) is 0. The second-order valence-corrected chi connectivity index (χ2v) is 4.32. The highest BCUT2D eigenvalue weighted by Gasteiger charge is 2.35. The van der Waals surface area contributed by atoms with Crippen LogP contribution in [0.3, 0.4) is 0 Å². The molecule has 0 aromatic heterocycles. The number of rotatable bonds is 3. The van der Waals surface area contributed by atoms with Gasteiger partial charge in [-0.25, -0.2) is 9.59 Å². The number of carbonyl (C=O) groups excluding carboxylic acids is 2. The molecule has 1 heterocycles. The Morgan fingerprint density at radius 3 is 2.37 bits per heavy atom. The summed E-state index contributed by atoms with van der Waals surface area (Å²) in [5.41, 5.74) is 0.268. The third kappa shape index (κ3) is 2.83. The van der Waals surface area contributed by atoms with Crippen molar-refractivity contribution in [1.82, 2.24) is 0 Å². The molecule has 100 valence electrons. The SMILES string of the molecule is COc1ccc(C(=O)OC2OC(=O)C(Cl)=C2Cl)cc1. The van der Waals surface area contributed by atoms with E-state index in [1.807, 2.05) is 0 Å². The zero-order chi connectivity index (χ0) is 14.0. The lowest BCUT2D eigenvalue weighted by atomic mass is 10.2. The Labute approximate surface area is 118 Å². The van der Waals surface area contributed by atoms with Gasteiger partial charge in [-0.15, -0.1) is 0 Å². The van der Waals surface area contributed by atoms with Crippen LogP contribution in [0.1, 0.15) is 10.4 Å². The molecule has 0 radical (unpaired) electrons. The molecule has 7 heteroatoms. The van der Waals surface area contributed by atoms with Crippen molar-refractivity contribution >= 4 is 35.1 Å². The van der Waals surface area contributed by atoms with E-state index >= 15 is 0 Å². The molecule has 0 fully saturated rings. The van der Waals surface area contributed by atoms with Crippen molar-refractivity contribution in [2.24, 2.45) is 0 Å². The molecule has 0 amide bonds. The number of carbonyl (C=O) groups is 2. The predicted octanol–water partition coefficient (Wildman–Crippen LogP) is 2.42. The molecular formula is C12H8Cl2O5. The highest BCUT2D eigenvalue weighted by molar-refractivity contribution is 6.48. The van der Waals surface area contributed by atoms with Gasteiger partial charge in [0.05, 0.1) is 12.7 Å². The van der Waals surface area contributed by atoms with E-state index in [9.17, 15) is 9.59 Å². The average molecular weight is 303 g/mol. The van der Waals surface area contributed by atoms with Crippen LogP contribution in [0.15, 0.2) is 34.3 Å². The molecule has 0 saturated carbocycles. The molecule has 19 heavy (non-hydrogen) atoms. The van der Waals surface area contributed by atoms with Crippen LogP contribution in [0, 0.1) is 0 Å². The monoisotopic (exact) mass is 302 g/mol. The van der Waals surface area contributed by atoms with Crippen molar-refractivity contribution in [2.45, 2.75) is 6.29 Å². The highest BCUT2D eigenvalue weighted by atomic mass is 35.5. The van der Waals surface area contributed by atoms with E-state index in [0.717, 1.165) is 0 Å². The largest absolute Gasteiger partial charge is 0.497 e. The lowest BCUT2D eigenvalue weighted by Crippen LogP contribution is -2.19. The molecule has 0 spiro atoms. The lowest BCUT2D eigenvalue weighted by Gasteiger charge is -2.11. The van der Waals surface area contributed by atoms with Gasteiger partial charge in [-0.05, 0) is 24.3 Å². The minimum Gasteiger partial charge on any atom is -0.497 e. The summed E-state index contributed by atoms with van der Waals surface area (Å²) in [5, 5.41) is -0.428. The Bertz CT molecular complexity index is 550. The first-order valence-electron chi connectivity index (χ1n) is 5.14. The van der Waals surface area contributed by atoms with Gasteiger partial charge in [-0.2, -0.15) is 0 Å². The summed E-state index contributed by atoms with van der Waals surface area (Å²) in [4.78, 5) is 22.9. The molecule has 1 atom stereocenters. The van der Waals surface area contributed by atoms with E-state index in [2.05, 4.69) is 4.74 Å². The van der Waals surface area contributed by atoms with E-state index in [1.165, 1.54) is 19.2 Å². The van der Waals surface area contributed by atoms with Crippen LogP contribution in [0.4, 0.5) is 0 Å². The van der Waals surface area contributed by atoms with E-state index in [-0.39, 0.29) is 15.6 Å². The van der Waals surface area contributed by atoms with Gasteiger partial charge in [0, 0.05) is 0 Å². The second kappa shape index (κ2) is 5.50. The Morgan fingerprint density at radius 2 is 1.89 bits per heavy atom. The minimum atomic E-state index is -1.30. The minimum absolute atomic E-state index is 0.145. The molecule has 0 aliphatic carbocycles. The van der Waals surface area contributed by atoms with Gasteiger partial charge in [-0.1, -0.05) is 23.2 Å². The van der Waals surface area contributed by atoms with Crippen molar-refractivity contribution in [2.75, 3.05) is 7.11 Å². The number of cyclic esters (lactones) is 1. The van der Waals surface area contributed by atoms with Gasteiger partial charge in [-0.3, -0.25) is 0 Å². The Morgan fingerprint density at radius 1 is 1.26 bits per heavy atom. The number of hydrogen-bond donors (Lipinski definition) is 0. The van der Waals surface area contributed by atoms with E-state index < -0.39 is 18.2 Å². The van der Waals surface area contributed by atoms with Crippen molar-refractivity contribution < 1.29 is 23.8 Å². The molecule has 0 N–H and O–H groups in total. The van der Waals surface area contributed by atoms with Crippen LogP contribution < -0.4 is 4.74 Å². The fourth-order valence-electron chi connectivity index (χ4n) is 1.37. The van der Waals surface area contributed by atoms with Gasteiger partial charge in [0.15, 0.2) is 0 Å². The molecule has 1 aromatic rings. The van der Waals surface area contributed by atoms with Crippen LogP contribution in [-0.2, 0) is 14.3 Å².